The molecule has 2 aliphatic carbocycles. The Morgan fingerprint density at radius 1 is 0.553 bits per heavy atom. The first kappa shape index (κ1) is 31.8. The molecule has 0 saturated carbocycles. The molecule has 8 rings (SSSR count). The van der Waals surface area contributed by atoms with E-state index in [9.17, 15) is 10.2 Å². The van der Waals surface area contributed by atoms with Crippen molar-refractivity contribution in [3.63, 3.8) is 0 Å². The first-order valence-electron chi connectivity index (χ1n) is 16.2. The van der Waals surface area contributed by atoms with E-state index in [-0.39, 0.29) is 5.48 Å². The van der Waals surface area contributed by atoms with Crippen LogP contribution in [0.2, 0.25) is 0 Å². The number of hydrogen-bond donors (Lipinski definition) is 2. The maximum atomic E-state index is 9.76. The second-order valence-corrected chi connectivity index (χ2v) is 12.3. The van der Waals surface area contributed by atoms with E-state index in [0.29, 0.717) is 11.5 Å². The van der Waals surface area contributed by atoms with E-state index in [4.69, 9.17) is 9.98 Å². The highest BCUT2D eigenvalue weighted by atomic mass is 16.3. The predicted octanol–water partition coefficient (Wildman–Crippen LogP) is 6.90. The molecule has 2 aliphatic rings. The van der Waals surface area contributed by atoms with Crippen molar-refractivity contribution in [3.05, 3.63) is 131 Å². The number of aromatic nitrogens is 2. The minimum absolute atomic E-state index is 0. The highest BCUT2D eigenvalue weighted by Gasteiger charge is 2.26. The number of hydrogen-bond acceptors (Lipinski definition) is 4. The molecule has 2 heterocycles. The second kappa shape index (κ2) is 13.7. The van der Waals surface area contributed by atoms with Gasteiger partial charge in [0.1, 0.15) is 11.5 Å². The van der Waals surface area contributed by atoms with Crippen LogP contribution in [0.3, 0.4) is 0 Å². The molecule has 0 amide bonds. The Morgan fingerprint density at radius 2 is 0.957 bits per heavy atom. The molecule has 7 nitrogen and oxygen atoms in total. The van der Waals surface area contributed by atoms with Crippen molar-refractivity contribution < 1.29 is 15.7 Å². The molecule has 6 aromatic rings. The third-order valence-electron chi connectivity index (χ3n) is 9.44. The lowest BCUT2D eigenvalue weighted by atomic mass is 10.1. The Balaban J connectivity index is 0.000000161. The zero-order chi connectivity index (χ0) is 31.6. The zero-order valence-electron chi connectivity index (χ0n) is 27.1. The van der Waals surface area contributed by atoms with E-state index in [1.165, 1.54) is 56.1 Å². The largest absolute Gasteiger partial charge is 0.508 e. The van der Waals surface area contributed by atoms with Gasteiger partial charge in [-0.2, -0.15) is 0 Å². The average Bonchev–Trinajstić information content (AvgIpc) is 3.82. The van der Waals surface area contributed by atoms with Crippen molar-refractivity contribution in [3.8, 4) is 11.5 Å². The summed E-state index contributed by atoms with van der Waals surface area (Å²) in [5.41, 5.74) is 12.6. The Labute approximate surface area is 275 Å². The van der Waals surface area contributed by atoms with Gasteiger partial charge in [0.2, 0.25) is 0 Å². The van der Waals surface area contributed by atoms with Crippen LogP contribution in [0.1, 0.15) is 46.5 Å². The minimum Gasteiger partial charge on any atom is -0.508 e. The molecule has 2 aromatic heterocycles. The number of benzene rings is 4. The average molecular weight is 627 g/mol. The molecule has 0 radical (unpaired) electrons. The lowest BCUT2D eigenvalue weighted by Gasteiger charge is -2.05. The van der Waals surface area contributed by atoms with Gasteiger partial charge >= 0.3 is 0 Å². The van der Waals surface area contributed by atoms with Crippen molar-refractivity contribution in [2.45, 2.75) is 38.5 Å². The maximum absolute atomic E-state index is 9.76. The fourth-order valence-corrected chi connectivity index (χ4v) is 7.22. The quantitative estimate of drug-likeness (QED) is 0.210. The topological polar surface area (TPSA) is 107 Å². The van der Waals surface area contributed by atoms with Gasteiger partial charge in [0.15, 0.2) is 0 Å². The smallest absolute Gasteiger partial charge is 0.116 e. The molecule has 0 atom stereocenters. The van der Waals surface area contributed by atoms with E-state index >= 15 is 0 Å². The van der Waals surface area contributed by atoms with Gasteiger partial charge in [-0.1, -0.05) is 60.7 Å². The summed E-state index contributed by atoms with van der Waals surface area (Å²) in [7, 11) is 4.19. The molecule has 0 spiro atoms. The monoisotopic (exact) mass is 626 g/mol. The maximum Gasteiger partial charge on any atom is 0.116 e. The molecule has 0 unspecified atom stereocenters. The summed E-state index contributed by atoms with van der Waals surface area (Å²) >= 11 is 0. The number of phenolic OH excluding ortho intramolecular Hbond substituents is 2. The second-order valence-electron chi connectivity index (χ2n) is 12.3. The fourth-order valence-electron chi connectivity index (χ4n) is 7.22. The Morgan fingerprint density at radius 3 is 1.36 bits per heavy atom. The van der Waals surface area contributed by atoms with Gasteiger partial charge in [0.05, 0.1) is 22.8 Å². The van der Waals surface area contributed by atoms with Gasteiger partial charge < -0.3 is 24.8 Å². The summed E-state index contributed by atoms with van der Waals surface area (Å²) < 4.78 is 4.44. The highest BCUT2D eigenvalue weighted by molar-refractivity contribution is 6.10. The lowest BCUT2D eigenvalue weighted by Crippen LogP contribution is -2.05. The van der Waals surface area contributed by atoms with Crippen molar-refractivity contribution in [1.29, 1.82) is 0 Å². The summed E-state index contributed by atoms with van der Waals surface area (Å²) in [5.74, 6) is 0.667. The molecule has 4 aromatic carbocycles. The number of aliphatic imine (C=N–C) groups is 2. The molecule has 0 fully saturated rings. The zero-order valence-corrected chi connectivity index (χ0v) is 27.1. The summed E-state index contributed by atoms with van der Waals surface area (Å²) in [4.78, 5) is 9.74. The van der Waals surface area contributed by atoms with Gasteiger partial charge in [-0.25, -0.2) is 0 Å². The van der Waals surface area contributed by atoms with E-state index in [2.05, 4.69) is 71.8 Å². The third-order valence-corrected chi connectivity index (χ3v) is 9.44. The van der Waals surface area contributed by atoms with Crippen LogP contribution < -0.4 is 0 Å². The normalized spacial score (nSPS) is 15.1. The minimum atomic E-state index is 0. The Hall–Kier alpha value is -5.14. The Bertz CT molecular complexity index is 1940. The number of phenols is 2. The van der Waals surface area contributed by atoms with E-state index in [1.54, 1.807) is 12.1 Å². The van der Waals surface area contributed by atoms with Gasteiger partial charge in [-0.15, -0.1) is 0 Å². The van der Waals surface area contributed by atoms with Crippen LogP contribution in [-0.2, 0) is 39.8 Å². The summed E-state index contributed by atoms with van der Waals surface area (Å²) in [6, 6.07) is 32.2. The highest BCUT2D eigenvalue weighted by Crippen LogP contribution is 2.35. The molecular formula is C40H42N4O3. The Kier molecular flexibility index (Phi) is 9.27. The fraction of sp³-hybridized carbons (Fsp3) is 0.250. The lowest BCUT2D eigenvalue weighted by molar-refractivity contribution is 0.475. The van der Waals surface area contributed by atoms with Crippen LogP contribution >= 0.6 is 0 Å². The number of aromatic hydroxyl groups is 2. The third kappa shape index (κ3) is 6.31. The molecular weight excluding hydrogens is 584 g/mol. The number of fused-ring (bicyclic) bond motifs is 6. The number of nitrogens with zero attached hydrogens (tertiary/aromatic N) is 4. The van der Waals surface area contributed by atoms with E-state index in [1.807, 2.05) is 36.4 Å². The molecule has 0 bridgehead atoms. The van der Waals surface area contributed by atoms with Crippen LogP contribution in [0.25, 0.3) is 21.8 Å². The van der Waals surface area contributed by atoms with Gasteiger partial charge in [-0.3, -0.25) is 9.98 Å². The van der Waals surface area contributed by atoms with Gasteiger partial charge in [0, 0.05) is 49.0 Å². The first-order valence-corrected chi connectivity index (χ1v) is 16.2. The predicted molar refractivity (Wildman–Crippen MR) is 193 cm³/mol. The molecule has 0 saturated heterocycles. The molecule has 7 heteroatoms. The SMILES string of the molecule is Cn1c2c(c3cc(O)ccc31)CCC2=NCCc1ccccc1.Cn1c2c(c3cc(O)ccc31)CCC2=NCCc1ccccc1.O. The van der Waals surface area contributed by atoms with Crippen LogP contribution in [0.5, 0.6) is 11.5 Å². The molecule has 240 valence electrons. The molecule has 0 aliphatic heterocycles. The van der Waals surface area contributed by atoms with Crippen molar-refractivity contribution in [2.75, 3.05) is 13.1 Å². The van der Waals surface area contributed by atoms with Crippen molar-refractivity contribution in [1.82, 2.24) is 9.13 Å². The van der Waals surface area contributed by atoms with E-state index < -0.39 is 0 Å². The summed E-state index contributed by atoms with van der Waals surface area (Å²) in [6.45, 7) is 1.65. The summed E-state index contributed by atoms with van der Waals surface area (Å²) in [6.07, 6.45) is 5.98. The van der Waals surface area contributed by atoms with Crippen LogP contribution in [-0.4, -0.2) is 49.3 Å². The van der Waals surface area contributed by atoms with Crippen LogP contribution in [0.4, 0.5) is 0 Å². The first-order chi connectivity index (χ1) is 22.5. The number of rotatable bonds is 6. The molecule has 47 heavy (non-hydrogen) atoms. The van der Waals surface area contributed by atoms with Crippen LogP contribution in [0, 0.1) is 0 Å². The van der Waals surface area contributed by atoms with E-state index in [0.717, 1.165) is 62.4 Å². The molecule has 4 N–H and O–H groups in total. The number of aryl methyl sites for hydroxylation is 4. The van der Waals surface area contributed by atoms with Crippen LogP contribution in [0.15, 0.2) is 107 Å². The van der Waals surface area contributed by atoms with Crippen molar-refractivity contribution in [2.24, 2.45) is 24.1 Å². The van der Waals surface area contributed by atoms with Gasteiger partial charge in [0.25, 0.3) is 0 Å². The van der Waals surface area contributed by atoms with Gasteiger partial charge in [-0.05, 0) is 97.2 Å². The standard InChI is InChI=1S/2C20H20N2O.H2O/c2*1-22-19-10-7-15(23)13-17(19)16-8-9-18(20(16)22)21-12-11-14-5-3-2-4-6-14;/h2*2-7,10,13,23H,8-9,11-12H2,1H3;1H2. The summed E-state index contributed by atoms with van der Waals surface area (Å²) in [5, 5.41) is 21.9. The van der Waals surface area contributed by atoms with Crippen molar-refractivity contribution >= 4 is 33.2 Å².